The second kappa shape index (κ2) is 8.88. The fourth-order valence-electron chi connectivity index (χ4n) is 1.49. The highest BCUT2D eigenvalue weighted by molar-refractivity contribution is 5.90. The molecule has 116 valence electrons. The van der Waals surface area contributed by atoms with Crippen LogP contribution in [0.3, 0.4) is 0 Å². The fraction of sp³-hybridized carbons (Fsp3) is 0.462. The summed E-state index contributed by atoms with van der Waals surface area (Å²) in [4.78, 5) is 21.3. The minimum atomic E-state index is -0.528. The number of nitrogens with zero attached hydrogens (tertiary/aromatic N) is 1. The standard InChI is InChI=1S/C13H18N2O6/c1-10(16)14-12-4-3-11(15(17)18)9-13(12)21-8-7-20-6-5-19-2/h3-4,9H,5-8H2,1-2H3,(H,14,16). The van der Waals surface area contributed by atoms with Crippen molar-refractivity contribution >= 4 is 17.3 Å². The van der Waals surface area contributed by atoms with Gasteiger partial charge in [-0.25, -0.2) is 0 Å². The van der Waals surface area contributed by atoms with Crippen LogP contribution in [0.15, 0.2) is 18.2 Å². The zero-order valence-electron chi connectivity index (χ0n) is 12.0. The lowest BCUT2D eigenvalue weighted by Gasteiger charge is -2.11. The molecule has 0 atom stereocenters. The normalized spacial score (nSPS) is 10.2. The fourth-order valence-corrected chi connectivity index (χ4v) is 1.49. The molecule has 1 rings (SSSR count). The van der Waals surface area contributed by atoms with Crippen LogP contribution < -0.4 is 10.1 Å². The first-order valence-corrected chi connectivity index (χ1v) is 6.30. The first-order chi connectivity index (χ1) is 10.0. The van der Waals surface area contributed by atoms with E-state index in [-0.39, 0.29) is 24.0 Å². The molecule has 0 radical (unpaired) electrons. The minimum Gasteiger partial charge on any atom is -0.489 e. The topological polar surface area (TPSA) is 99.9 Å². The second-order valence-electron chi connectivity index (χ2n) is 4.07. The van der Waals surface area contributed by atoms with Crippen molar-refractivity contribution in [3.8, 4) is 5.75 Å². The number of anilines is 1. The maximum atomic E-state index is 11.1. The van der Waals surface area contributed by atoms with Crippen LogP contribution in [0.5, 0.6) is 5.75 Å². The van der Waals surface area contributed by atoms with E-state index in [0.717, 1.165) is 0 Å². The van der Waals surface area contributed by atoms with Gasteiger partial charge in [0.2, 0.25) is 5.91 Å². The molecule has 1 amide bonds. The van der Waals surface area contributed by atoms with Gasteiger partial charge >= 0.3 is 0 Å². The summed E-state index contributed by atoms with van der Waals surface area (Å²) in [6.45, 7) is 2.78. The lowest BCUT2D eigenvalue weighted by molar-refractivity contribution is -0.384. The zero-order valence-corrected chi connectivity index (χ0v) is 12.0. The average Bonchev–Trinajstić information content (AvgIpc) is 2.43. The number of rotatable bonds is 9. The highest BCUT2D eigenvalue weighted by atomic mass is 16.6. The molecule has 8 heteroatoms. The first kappa shape index (κ1) is 16.9. The van der Waals surface area contributed by atoms with Crippen molar-refractivity contribution in [2.45, 2.75) is 6.92 Å². The van der Waals surface area contributed by atoms with E-state index in [1.807, 2.05) is 0 Å². The summed E-state index contributed by atoms with van der Waals surface area (Å²) in [6.07, 6.45) is 0. The van der Waals surface area contributed by atoms with Gasteiger partial charge in [0.25, 0.3) is 5.69 Å². The summed E-state index contributed by atoms with van der Waals surface area (Å²) in [5.74, 6) is -0.0558. The van der Waals surface area contributed by atoms with E-state index < -0.39 is 4.92 Å². The summed E-state index contributed by atoms with van der Waals surface area (Å²) >= 11 is 0. The van der Waals surface area contributed by atoms with Crippen molar-refractivity contribution in [3.05, 3.63) is 28.3 Å². The van der Waals surface area contributed by atoms with Crippen LogP contribution in [0, 0.1) is 10.1 Å². The lowest BCUT2D eigenvalue weighted by atomic mass is 10.2. The Bertz CT molecular complexity index is 492. The molecular weight excluding hydrogens is 280 g/mol. The molecule has 0 aliphatic rings. The third-order valence-electron chi connectivity index (χ3n) is 2.40. The largest absolute Gasteiger partial charge is 0.489 e. The molecule has 0 bridgehead atoms. The molecule has 0 aromatic heterocycles. The Kier molecular flexibility index (Phi) is 7.13. The van der Waals surface area contributed by atoms with Crippen LogP contribution in [-0.4, -0.2) is 44.4 Å². The Morgan fingerprint density at radius 2 is 2.00 bits per heavy atom. The van der Waals surface area contributed by atoms with Gasteiger partial charge in [0, 0.05) is 20.1 Å². The molecule has 8 nitrogen and oxygen atoms in total. The Balaban J connectivity index is 2.64. The van der Waals surface area contributed by atoms with Gasteiger partial charge in [-0.2, -0.15) is 0 Å². The number of ether oxygens (including phenoxy) is 3. The van der Waals surface area contributed by atoms with Crippen LogP contribution >= 0.6 is 0 Å². The molecule has 0 saturated carbocycles. The molecule has 1 N–H and O–H groups in total. The van der Waals surface area contributed by atoms with Gasteiger partial charge < -0.3 is 19.5 Å². The van der Waals surface area contributed by atoms with Crippen molar-refractivity contribution in [2.75, 3.05) is 38.9 Å². The van der Waals surface area contributed by atoms with Crippen LogP contribution in [0.25, 0.3) is 0 Å². The Morgan fingerprint density at radius 3 is 2.62 bits per heavy atom. The molecule has 1 aromatic rings. The van der Waals surface area contributed by atoms with E-state index >= 15 is 0 Å². The first-order valence-electron chi connectivity index (χ1n) is 6.30. The van der Waals surface area contributed by atoms with Crippen LogP contribution in [0.4, 0.5) is 11.4 Å². The summed E-state index contributed by atoms with van der Waals surface area (Å²) < 4.78 is 15.5. The maximum absolute atomic E-state index is 11.1. The Morgan fingerprint density at radius 1 is 1.29 bits per heavy atom. The molecule has 0 fully saturated rings. The predicted octanol–water partition coefficient (Wildman–Crippen LogP) is 1.59. The summed E-state index contributed by atoms with van der Waals surface area (Å²) in [5.41, 5.74) is 0.268. The summed E-state index contributed by atoms with van der Waals surface area (Å²) in [5, 5.41) is 13.3. The number of carbonyl (C=O) groups excluding carboxylic acids is 1. The van der Waals surface area contributed by atoms with E-state index in [1.165, 1.54) is 25.1 Å². The number of amides is 1. The van der Waals surface area contributed by atoms with E-state index in [9.17, 15) is 14.9 Å². The van der Waals surface area contributed by atoms with Gasteiger partial charge in [0.15, 0.2) is 0 Å². The van der Waals surface area contributed by atoms with Gasteiger partial charge in [-0.05, 0) is 6.07 Å². The molecule has 21 heavy (non-hydrogen) atoms. The summed E-state index contributed by atoms with van der Waals surface area (Å²) in [6, 6.07) is 3.99. The minimum absolute atomic E-state index is 0.112. The molecule has 0 heterocycles. The van der Waals surface area contributed by atoms with Crippen LogP contribution in [-0.2, 0) is 14.3 Å². The number of nitro benzene ring substituents is 1. The number of hydrogen-bond acceptors (Lipinski definition) is 6. The number of benzene rings is 1. The third-order valence-corrected chi connectivity index (χ3v) is 2.40. The molecular formula is C13H18N2O6. The smallest absolute Gasteiger partial charge is 0.273 e. The quantitative estimate of drug-likeness (QED) is 0.422. The van der Waals surface area contributed by atoms with Crippen molar-refractivity contribution in [1.29, 1.82) is 0 Å². The van der Waals surface area contributed by atoms with Crippen LogP contribution in [0.1, 0.15) is 6.92 Å². The van der Waals surface area contributed by atoms with Crippen molar-refractivity contribution in [1.82, 2.24) is 0 Å². The van der Waals surface area contributed by atoms with E-state index in [4.69, 9.17) is 14.2 Å². The molecule has 0 spiro atoms. The van der Waals surface area contributed by atoms with Crippen molar-refractivity contribution in [2.24, 2.45) is 0 Å². The molecule has 0 aliphatic carbocycles. The highest BCUT2D eigenvalue weighted by Crippen LogP contribution is 2.29. The maximum Gasteiger partial charge on any atom is 0.273 e. The number of methoxy groups -OCH3 is 1. The van der Waals surface area contributed by atoms with E-state index in [2.05, 4.69) is 5.32 Å². The van der Waals surface area contributed by atoms with Gasteiger partial charge in [-0.3, -0.25) is 14.9 Å². The SMILES string of the molecule is COCCOCCOc1cc([N+](=O)[O-])ccc1NC(C)=O. The average molecular weight is 298 g/mol. The number of nitro groups is 1. The van der Waals surface area contributed by atoms with E-state index in [0.29, 0.717) is 25.5 Å². The Labute approximate surface area is 122 Å². The zero-order chi connectivity index (χ0) is 15.7. The van der Waals surface area contributed by atoms with Crippen LogP contribution in [0.2, 0.25) is 0 Å². The van der Waals surface area contributed by atoms with Crippen molar-refractivity contribution in [3.63, 3.8) is 0 Å². The van der Waals surface area contributed by atoms with Gasteiger partial charge in [-0.1, -0.05) is 0 Å². The molecule has 0 aliphatic heterocycles. The van der Waals surface area contributed by atoms with Crippen molar-refractivity contribution < 1.29 is 23.9 Å². The Hall–Kier alpha value is -2.19. The number of nitrogens with one attached hydrogen (secondary N) is 1. The van der Waals surface area contributed by atoms with Gasteiger partial charge in [0.1, 0.15) is 12.4 Å². The third kappa shape index (κ3) is 6.19. The second-order valence-corrected chi connectivity index (χ2v) is 4.07. The molecule has 0 unspecified atom stereocenters. The van der Waals surface area contributed by atoms with E-state index in [1.54, 1.807) is 7.11 Å². The number of carbonyl (C=O) groups is 1. The molecule has 1 aromatic carbocycles. The van der Waals surface area contributed by atoms with Gasteiger partial charge in [-0.15, -0.1) is 0 Å². The molecule has 0 saturated heterocycles. The number of hydrogen-bond donors (Lipinski definition) is 1. The predicted molar refractivity (Wildman–Crippen MR) is 75.6 cm³/mol. The highest BCUT2D eigenvalue weighted by Gasteiger charge is 2.12. The van der Waals surface area contributed by atoms with Gasteiger partial charge in [0.05, 0.1) is 36.5 Å². The number of non-ortho nitro benzene ring substituents is 1. The summed E-state index contributed by atoms with van der Waals surface area (Å²) in [7, 11) is 1.57. The lowest BCUT2D eigenvalue weighted by Crippen LogP contribution is -2.12. The monoisotopic (exact) mass is 298 g/mol.